The number of aliphatic hydroxyl groups is 3. The van der Waals surface area contributed by atoms with E-state index < -0.39 is 49.1 Å². The minimum absolute atomic E-state index is 0.216. The number of carboxylic acids is 1. The van der Waals surface area contributed by atoms with Crippen molar-refractivity contribution in [2.24, 2.45) is 0 Å². The first-order valence-electron chi connectivity index (χ1n) is 8.39. The summed E-state index contributed by atoms with van der Waals surface area (Å²) in [5.74, 6) is -1.49. The van der Waals surface area contributed by atoms with Gasteiger partial charge in [-0.3, -0.25) is 14.2 Å². The van der Waals surface area contributed by atoms with Crippen molar-refractivity contribution < 1.29 is 34.8 Å². The number of imidazole rings is 1. The Morgan fingerprint density at radius 2 is 2.04 bits per heavy atom. The number of hydrogen-bond donors (Lipinski definition) is 6. The van der Waals surface area contributed by atoms with Crippen molar-refractivity contribution in [2.75, 3.05) is 18.5 Å². The highest BCUT2D eigenvalue weighted by atomic mass is 16.6. The molecule has 3 heterocycles. The van der Waals surface area contributed by atoms with Gasteiger partial charge in [-0.05, 0) is 6.92 Å². The van der Waals surface area contributed by atoms with Gasteiger partial charge in [-0.25, -0.2) is 15.0 Å². The first-order chi connectivity index (χ1) is 13.3. The molecule has 1 saturated heterocycles. The summed E-state index contributed by atoms with van der Waals surface area (Å²) < 4.78 is 6.85. The van der Waals surface area contributed by atoms with Crippen molar-refractivity contribution in [1.82, 2.24) is 24.8 Å². The van der Waals surface area contributed by atoms with Crippen LogP contribution in [0, 0.1) is 0 Å². The Kier molecular flexibility index (Phi) is 5.69. The number of carboxylic acid groups (broad SMARTS) is 1. The Labute approximate surface area is 158 Å². The summed E-state index contributed by atoms with van der Waals surface area (Å²) in [6.45, 7) is 0.628. The molecule has 1 amide bonds. The predicted octanol–water partition coefficient (Wildman–Crippen LogP) is -2.56. The zero-order valence-electron chi connectivity index (χ0n) is 14.8. The molecule has 152 valence electrons. The molecule has 2 aromatic rings. The van der Waals surface area contributed by atoms with Crippen LogP contribution in [0.5, 0.6) is 0 Å². The number of aliphatic carboxylic acids is 1. The lowest BCUT2D eigenvalue weighted by Crippen LogP contribution is -2.41. The average Bonchev–Trinajstić information content (AvgIpc) is 3.21. The molecule has 3 rings (SSSR count). The van der Waals surface area contributed by atoms with Crippen molar-refractivity contribution in [1.29, 1.82) is 0 Å². The molecule has 6 N–H and O–H groups in total. The molecule has 13 nitrogen and oxygen atoms in total. The number of carbonyl (C=O) groups excluding carboxylic acids is 1. The summed E-state index contributed by atoms with van der Waals surface area (Å²) >= 11 is 0. The van der Waals surface area contributed by atoms with Gasteiger partial charge in [-0.15, -0.1) is 0 Å². The fourth-order valence-corrected chi connectivity index (χ4v) is 2.80. The third kappa shape index (κ3) is 3.73. The second-order valence-corrected chi connectivity index (χ2v) is 6.26. The molecule has 0 saturated carbocycles. The number of aliphatic hydroxyl groups excluding tert-OH is 3. The van der Waals surface area contributed by atoms with Gasteiger partial charge in [0.05, 0.1) is 19.5 Å². The van der Waals surface area contributed by atoms with Gasteiger partial charge in [0.2, 0.25) is 5.91 Å². The molecule has 0 aromatic carbocycles. The highest BCUT2D eigenvalue weighted by Gasteiger charge is 2.44. The van der Waals surface area contributed by atoms with Crippen LogP contribution in [0.25, 0.3) is 11.2 Å². The van der Waals surface area contributed by atoms with E-state index in [1.54, 1.807) is 0 Å². The SMILES string of the molecule is C[C@H](NC(=O)CNc1ncnc2c1ncn2[C@@H]1O[C@H](CO)[C@@H](O)[C@H]1O)C(=O)O. The molecule has 1 aliphatic heterocycles. The van der Waals surface area contributed by atoms with Crippen molar-refractivity contribution in [3.8, 4) is 0 Å². The van der Waals surface area contributed by atoms with Gasteiger partial charge in [0.25, 0.3) is 0 Å². The number of anilines is 1. The van der Waals surface area contributed by atoms with Gasteiger partial charge in [0, 0.05) is 0 Å². The van der Waals surface area contributed by atoms with E-state index in [-0.39, 0.29) is 23.5 Å². The van der Waals surface area contributed by atoms with Crippen molar-refractivity contribution in [3.63, 3.8) is 0 Å². The number of rotatable bonds is 7. The summed E-state index contributed by atoms with van der Waals surface area (Å²) in [5, 5.41) is 43.1. The Bertz CT molecular complexity index is 874. The monoisotopic (exact) mass is 396 g/mol. The molecule has 2 aromatic heterocycles. The van der Waals surface area contributed by atoms with Gasteiger partial charge in [0.1, 0.15) is 30.7 Å². The Balaban J connectivity index is 1.76. The number of carbonyl (C=O) groups is 2. The van der Waals surface area contributed by atoms with Crippen LogP contribution in [-0.4, -0.2) is 89.3 Å². The molecule has 1 fully saturated rings. The molecule has 1 aliphatic rings. The fourth-order valence-electron chi connectivity index (χ4n) is 2.80. The van der Waals surface area contributed by atoms with E-state index in [1.165, 1.54) is 24.1 Å². The maximum atomic E-state index is 11.8. The van der Waals surface area contributed by atoms with Crippen LogP contribution >= 0.6 is 0 Å². The van der Waals surface area contributed by atoms with Crippen LogP contribution in [0.15, 0.2) is 12.7 Å². The quantitative estimate of drug-likeness (QED) is 0.288. The minimum Gasteiger partial charge on any atom is -0.480 e. The van der Waals surface area contributed by atoms with Gasteiger partial charge in [0.15, 0.2) is 23.2 Å². The molecular weight excluding hydrogens is 376 g/mol. The van der Waals surface area contributed by atoms with Crippen LogP contribution in [-0.2, 0) is 14.3 Å². The zero-order chi connectivity index (χ0) is 20.4. The van der Waals surface area contributed by atoms with Crippen LogP contribution in [0.1, 0.15) is 13.2 Å². The summed E-state index contributed by atoms with van der Waals surface area (Å²) in [7, 11) is 0. The van der Waals surface area contributed by atoms with Gasteiger partial charge < -0.3 is 35.8 Å². The van der Waals surface area contributed by atoms with Crippen LogP contribution in [0.4, 0.5) is 5.82 Å². The van der Waals surface area contributed by atoms with Crippen molar-refractivity contribution >= 4 is 28.9 Å². The zero-order valence-corrected chi connectivity index (χ0v) is 14.8. The second kappa shape index (κ2) is 8.02. The lowest BCUT2D eigenvalue weighted by molar-refractivity contribution is -0.141. The van der Waals surface area contributed by atoms with Gasteiger partial charge >= 0.3 is 5.97 Å². The van der Waals surface area contributed by atoms with E-state index in [4.69, 9.17) is 9.84 Å². The van der Waals surface area contributed by atoms with E-state index in [2.05, 4.69) is 25.6 Å². The number of hydrogen-bond acceptors (Lipinski definition) is 10. The molecule has 0 aliphatic carbocycles. The normalized spacial score (nSPS) is 25.6. The van der Waals surface area contributed by atoms with Gasteiger partial charge in [-0.2, -0.15) is 0 Å². The molecule has 28 heavy (non-hydrogen) atoms. The van der Waals surface area contributed by atoms with E-state index >= 15 is 0 Å². The highest BCUT2D eigenvalue weighted by molar-refractivity contribution is 5.88. The summed E-state index contributed by atoms with van der Waals surface area (Å²) in [6, 6.07) is -1.04. The number of amides is 1. The number of aromatic nitrogens is 4. The largest absolute Gasteiger partial charge is 0.480 e. The third-order valence-electron chi connectivity index (χ3n) is 4.31. The molecule has 13 heteroatoms. The summed E-state index contributed by atoms with van der Waals surface area (Å²) in [6.07, 6.45) is -1.99. The summed E-state index contributed by atoms with van der Waals surface area (Å²) in [4.78, 5) is 34.8. The molecule has 0 spiro atoms. The highest BCUT2D eigenvalue weighted by Crippen LogP contribution is 2.31. The first kappa shape index (κ1) is 19.9. The summed E-state index contributed by atoms with van der Waals surface area (Å²) in [5.41, 5.74) is 0.547. The first-order valence-corrected chi connectivity index (χ1v) is 8.39. The maximum Gasteiger partial charge on any atom is 0.325 e. The van der Waals surface area contributed by atoms with E-state index in [1.807, 2.05) is 0 Å². The predicted molar refractivity (Wildman–Crippen MR) is 92.1 cm³/mol. The van der Waals surface area contributed by atoms with E-state index in [0.717, 1.165) is 0 Å². The smallest absolute Gasteiger partial charge is 0.325 e. The number of nitrogens with one attached hydrogen (secondary N) is 2. The molecular formula is C15H20N6O7. The van der Waals surface area contributed by atoms with Gasteiger partial charge in [-0.1, -0.05) is 0 Å². The minimum atomic E-state index is -1.30. The maximum absolute atomic E-state index is 11.8. The molecule has 0 bridgehead atoms. The van der Waals surface area contributed by atoms with Crippen LogP contribution in [0.3, 0.4) is 0 Å². The number of ether oxygens (including phenoxy) is 1. The average molecular weight is 396 g/mol. The Hall–Kier alpha value is -2.87. The molecule has 0 radical (unpaired) electrons. The lowest BCUT2D eigenvalue weighted by atomic mass is 10.1. The second-order valence-electron chi connectivity index (χ2n) is 6.26. The topological polar surface area (TPSA) is 192 Å². The van der Waals surface area contributed by atoms with E-state index in [9.17, 15) is 24.9 Å². The lowest BCUT2D eigenvalue weighted by Gasteiger charge is -2.16. The Morgan fingerprint density at radius 1 is 1.29 bits per heavy atom. The fraction of sp³-hybridized carbons (Fsp3) is 0.533. The molecule has 0 unspecified atom stereocenters. The van der Waals surface area contributed by atoms with E-state index in [0.29, 0.717) is 0 Å². The standard InChI is InChI=1S/C15H20N6O7/c1-6(15(26)27)20-8(23)2-16-12-9-13(18-4-17-12)21(5-19-9)14-11(25)10(24)7(3-22)28-14/h4-7,10-11,14,22,24-25H,2-3H2,1H3,(H,20,23)(H,26,27)(H,16,17,18)/t6-,7+,10+,11+,14+/m0/s1. The van der Waals surface area contributed by atoms with Crippen LogP contribution in [0.2, 0.25) is 0 Å². The molecule has 5 atom stereocenters. The Morgan fingerprint density at radius 3 is 2.68 bits per heavy atom. The van der Waals surface area contributed by atoms with Crippen LogP contribution < -0.4 is 10.6 Å². The number of nitrogens with zero attached hydrogens (tertiary/aromatic N) is 4. The number of fused-ring (bicyclic) bond motifs is 1. The third-order valence-corrected chi connectivity index (χ3v) is 4.31. The van der Waals surface area contributed by atoms with Crippen molar-refractivity contribution in [3.05, 3.63) is 12.7 Å². The van der Waals surface area contributed by atoms with Crippen molar-refractivity contribution in [2.45, 2.75) is 37.5 Å².